The van der Waals surface area contributed by atoms with Gasteiger partial charge in [-0.25, -0.2) is 0 Å². The van der Waals surface area contributed by atoms with Gasteiger partial charge in [0.15, 0.2) is 0 Å². The van der Waals surface area contributed by atoms with Crippen LogP contribution in [0.2, 0.25) is 0 Å². The first-order valence-electron chi connectivity index (χ1n) is 6.61. The van der Waals surface area contributed by atoms with Crippen LogP contribution in [0.5, 0.6) is 0 Å². The van der Waals surface area contributed by atoms with Crippen LogP contribution in [0.4, 0.5) is 11.7 Å². The quantitative estimate of drug-likeness (QED) is 0.764. The number of aromatic nitrogens is 2. The summed E-state index contributed by atoms with van der Waals surface area (Å²) in [4.78, 5) is 1.19. The van der Waals surface area contributed by atoms with Crippen LogP contribution in [-0.2, 0) is 6.54 Å². The number of hydrogen-bond donors (Lipinski definition) is 2. The lowest BCUT2D eigenvalue weighted by atomic mass is 10.2. The smallest absolute Gasteiger partial charge is 0.320 e. The first-order valence-corrected chi connectivity index (χ1v) is 7.84. The molecule has 0 saturated carbocycles. The zero-order valence-corrected chi connectivity index (χ0v) is 12.8. The van der Waals surface area contributed by atoms with Crippen molar-refractivity contribution in [2.24, 2.45) is 5.92 Å². The topological polar surface area (TPSA) is 63.0 Å². The molecule has 2 rings (SSSR count). The molecule has 0 saturated heterocycles. The molecule has 2 aromatic rings. The number of nitrogens with zero attached hydrogens (tertiary/aromatic N) is 2. The van der Waals surface area contributed by atoms with Crippen molar-refractivity contribution in [3.8, 4) is 0 Å². The molecule has 1 aromatic heterocycles. The average Bonchev–Trinajstić information content (AvgIpc) is 2.86. The third-order valence-corrected chi connectivity index (χ3v) is 3.34. The van der Waals surface area contributed by atoms with E-state index in [0.717, 1.165) is 12.2 Å². The second-order valence-corrected chi connectivity index (χ2v) is 5.76. The number of anilines is 2. The fourth-order valence-electron chi connectivity index (χ4n) is 1.67. The molecular weight excluding hydrogens is 272 g/mol. The van der Waals surface area contributed by atoms with E-state index >= 15 is 0 Å². The van der Waals surface area contributed by atoms with E-state index in [4.69, 9.17) is 4.42 Å². The van der Waals surface area contributed by atoms with Gasteiger partial charge in [-0.3, -0.25) is 0 Å². The second-order valence-electron chi connectivity index (χ2n) is 4.88. The summed E-state index contributed by atoms with van der Waals surface area (Å²) in [7, 11) is 0. The van der Waals surface area contributed by atoms with Crippen molar-refractivity contribution < 1.29 is 4.42 Å². The van der Waals surface area contributed by atoms with Gasteiger partial charge in [-0.05, 0) is 36.9 Å². The molecule has 0 atom stereocenters. The number of rotatable bonds is 7. The summed E-state index contributed by atoms with van der Waals surface area (Å²) in [6.45, 7) is 5.84. The van der Waals surface area contributed by atoms with Gasteiger partial charge in [0.25, 0.3) is 0 Å². The van der Waals surface area contributed by atoms with Crippen molar-refractivity contribution in [1.82, 2.24) is 15.5 Å². The molecule has 0 aliphatic carbocycles. The van der Waals surface area contributed by atoms with Gasteiger partial charge in [-0.1, -0.05) is 25.0 Å². The van der Waals surface area contributed by atoms with Gasteiger partial charge in [-0.15, -0.1) is 16.9 Å². The molecule has 0 fully saturated rings. The maximum Gasteiger partial charge on any atom is 0.320 e. The van der Waals surface area contributed by atoms with E-state index in [9.17, 15) is 0 Å². The minimum atomic E-state index is 0.421. The van der Waals surface area contributed by atoms with Crippen molar-refractivity contribution >= 4 is 23.5 Å². The van der Waals surface area contributed by atoms with Gasteiger partial charge < -0.3 is 15.1 Å². The molecule has 0 aliphatic rings. The summed E-state index contributed by atoms with van der Waals surface area (Å²) in [5.74, 6) is 1.19. The maximum absolute atomic E-state index is 5.54. The third-order valence-electron chi connectivity index (χ3n) is 2.62. The Balaban J connectivity index is 1.91. The maximum atomic E-state index is 5.54. The van der Waals surface area contributed by atoms with Crippen molar-refractivity contribution in [3.05, 3.63) is 30.2 Å². The molecule has 108 valence electrons. The van der Waals surface area contributed by atoms with Crippen molar-refractivity contribution in [1.29, 1.82) is 0 Å². The summed E-state index contributed by atoms with van der Waals surface area (Å²) in [6, 6.07) is 8.50. The Hall–Kier alpha value is -1.53. The summed E-state index contributed by atoms with van der Waals surface area (Å²) in [5, 5.41) is 14.4. The van der Waals surface area contributed by atoms with Gasteiger partial charge in [-0.2, -0.15) is 0 Å². The Morgan fingerprint density at radius 1 is 1.30 bits per heavy atom. The summed E-state index contributed by atoms with van der Waals surface area (Å²) in [6.07, 6.45) is 2.05. The molecule has 0 radical (unpaired) electrons. The predicted octanol–water partition coefficient (Wildman–Crippen LogP) is 3.28. The zero-order chi connectivity index (χ0) is 14.4. The molecule has 0 aliphatic heterocycles. The standard InChI is InChI=1S/C14H20N4OS/c1-10(2)8-15-9-13-17-18-14(19-13)16-11-5-4-6-12(7-11)20-3/h4-7,10,15H,8-9H2,1-3H3,(H,16,18). The van der Waals surface area contributed by atoms with Crippen molar-refractivity contribution in [2.75, 3.05) is 18.1 Å². The van der Waals surface area contributed by atoms with Gasteiger partial charge in [0, 0.05) is 10.6 Å². The van der Waals surface area contributed by atoms with Crippen molar-refractivity contribution in [3.63, 3.8) is 0 Å². The average molecular weight is 292 g/mol. The number of benzene rings is 1. The van der Waals surface area contributed by atoms with Crippen molar-refractivity contribution in [2.45, 2.75) is 25.3 Å². The van der Waals surface area contributed by atoms with Gasteiger partial charge in [0.1, 0.15) is 0 Å². The molecular formula is C14H20N4OS. The third kappa shape index (κ3) is 4.54. The molecule has 0 unspecified atom stereocenters. The Kier molecular flexibility index (Phi) is 5.43. The molecule has 1 heterocycles. The van der Waals surface area contributed by atoms with E-state index in [1.54, 1.807) is 11.8 Å². The largest absolute Gasteiger partial charge is 0.406 e. The van der Waals surface area contributed by atoms with Crippen LogP contribution in [-0.4, -0.2) is 23.0 Å². The molecule has 1 aromatic carbocycles. The van der Waals surface area contributed by atoms with Gasteiger partial charge in [0.05, 0.1) is 6.54 Å². The minimum Gasteiger partial charge on any atom is -0.406 e. The Morgan fingerprint density at radius 2 is 2.15 bits per heavy atom. The number of thioether (sulfide) groups is 1. The van der Waals surface area contributed by atoms with E-state index in [0.29, 0.717) is 24.4 Å². The Bertz CT molecular complexity index is 541. The van der Waals surface area contributed by atoms with Gasteiger partial charge in [0.2, 0.25) is 5.89 Å². The Morgan fingerprint density at radius 3 is 2.90 bits per heavy atom. The predicted molar refractivity (Wildman–Crippen MR) is 82.3 cm³/mol. The van der Waals surface area contributed by atoms with Crippen LogP contribution >= 0.6 is 11.8 Å². The summed E-state index contributed by atoms with van der Waals surface area (Å²) in [5.41, 5.74) is 0.946. The van der Waals surface area contributed by atoms with Crippen LogP contribution in [0, 0.1) is 5.92 Å². The highest BCUT2D eigenvalue weighted by atomic mass is 32.2. The van der Waals surface area contributed by atoms with Gasteiger partial charge >= 0.3 is 6.01 Å². The first kappa shape index (κ1) is 14.9. The SMILES string of the molecule is CSc1cccc(Nc2nnc(CNCC(C)C)o2)c1. The van der Waals surface area contributed by atoms with Crippen LogP contribution < -0.4 is 10.6 Å². The lowest BCUT2D eigenvalue weighted by molar-refractivity contribution is 0.460. The van der Waals surface area contributed by atoms with E-state index in [-0.39, 0.29) is 0 Å². The molecule has 0 bridgehead atoms. The molecule has 20 heavy (non-hydrogen) atoms. The van der Waals surface area contributed by atoms with Crippen LogP contribution in [0.3, 0.4) is 0 Å². The van der Waals surface area contributed by atoms with E-state index in [1.165, 1.54) is 4.90 Å². The fourth-order valence-corrected chi connectivity index (χ4v) is 2.13. The minimum absolute atomic E-state index is 0.421. The highest BCUT2D eigenvalue weighted by Gasteiger charge is 2.06. The van der Waals surface area contributed by atoms with Crippen LogP contribution in [0.15, 0.2) is 33.6 Å². The molecule has 0 spiro atoms. The molecule has 5 nitrogen and oxygen atoms in total. The van der Waals surface area contributed by atoms with E-state index < -0.39 is 0 Å². The van der Waals surface area contributed by atoms with E-state index in [1.807, 2.05) is 24.5 Å². The molecule has 0 amide bonds. The highest BCUT2D eigenvalue weighted by Crippen LogP contribution is 2.21. The van der Waals surface area contributed by atoms with Crippen LogP contribution in [0.25, 0.3) is 0 Å². The monoisotopic (exact) mass is 292 g/mol. The fraction of sp³-hybridized carbons (Fsp3) is 0.429. The Labute approximate surface area is 123 Å². The zero-order valence-electron chi connectivity index (χ0n) is 12.0. The van der Waals surface area contributed by atoms with Crippen LogP contribution in [0.1, 0.15) is 19.7 Å². The number of hydrogen-bond acceptors (Lipinski definition) is 6. The van der Waals surface area contributed by atoms with E-state index in [2.05, 4.69) is 40.7 Å². The highest BCUT2D eigenvalue weighted by molar-refractivity contribution is 7.98. The summed E-state index contributed by atoms with van der Waals surface area (Å²) >= 11 is 1.70. The molecule has 6 heteroatoms. The first-order chi connectivity index (χ1) is 9.67. The summed E-state index contributed by atoms with van der Waals surface area (Å²) < 4.78 is 5.54. The second kappa shape index (κ2) is 7.31. The molecule has 2 N–H and O–H groups in total. The number of nitrogens with one attached hydrogen (secondary N) is 2. The normalized spacial score (nSPS) is 11.0. The lowest BCUT2D eigenvalue weighted by Gasteiger charge is -2.04. The lowest BCUT2D eigenvalue weighted by Crippen LogP contribution is -2.19.